The monoisotopic (exact) mass is 362 g/mol. The first-order chi connectivity index (χ1) is 12.1. The van der Waals surface area contributed by atoms with E-state index >= 15 is 0 Å². The highest BCUT2D eigenvalue weighted by molar-refractivity contribution is 7.03. The van der Waals surface area contributed by atoms with Crippen LogP contribution in [-0.4, -0.2) is 34.0 Å². The Morgan fingerprint density at radius 1 is 1.28 bits per heavy atom. The molecule has 8 heteroatoms. The maximum atomic E-state index is 13.6. The average molecular weight is 362 g/mol. The van der Waals surface area contributed by atoms with Gasteiger partial charge < -0.3 is 5.32 Å². The van der Waals surface area contributed by atoms with Crippen molar-refractivity contribution in [3.8, 4) is 0 Å². The molecule has 25 heavy (non-hydrogen) atoms. The molecule has 1 aromatic heterocycles. The zero-order valence-electron chi connectivity index (χ0n) is 13.7. The summed E-state index contributed by atoms with van der Waals surface area (Å²) in [4.78, 5) is 26.3. The van der Waals surface area contributed by atoms with Crippen LogP contribution in [-0.2, 0) is 4.79 Å². The standard InChI is InChI=1S/C17H19FN4O2S/c18-12-5-4-8-14(9-12)22(17(24)15-11-25-21-20-15)10-16(23)19-13-6-2-1-3-7-13/h4-5,8-9,11,13H,1-3,6-7,10H2,(H,19,23). The normalized spacial score (nSPS) is 14.9. The van der Waals surface area contributed by atoms with Crippen LogP contribution in [0.15, 0.2) is 29.6 Å². The zero-order valence-corrected chi connectivity index (χ0v) is 14.5. The summed E-state index contributed by atoms with van der Waals surface area (Å²) in [6, 6.07) is 5.76. The predicted octanol–water partition coefficient (Wildman–Crippen LogP) is 2.77. The second kappa shape index (κ2) is 8.15. The third kappa shape index (κ3) is 4.60. The summed E-state index contributed by atoms with van der Waals surface area (Å²) in [5.41, 5.74) is 0.455. The Morgan fingerprint density at radius 3 is 2.76 bits per heavy atom. The van der Waals surface area contributed by atoms with E-state index in [0.717, 1.165) is 37.2 Å². The molecule has 0 unspecified atom stereocenters. The molecule has 1 N–H and O–H groups in total. The summed E-state index contributed by atoms with van der Waals surface area (Å²) in [6.07, 6.45) is 5.30. The van der Waals surface area contributed by atoms with E-state index in [2.05, 4.69) is 14.9 Å². The second-order valence-corrected chi connectivity index (χ2v) is 6.67. The Balaban J connectivity index is 1.76. The maximum Gasteiger partial charge on any atom is 0.280 e. The molecule has 2 amide bonds. The lowest BCUT2D eigenvalue weighted by atomic mass is 9.95. The highest BCUT2D eigenvalue weighted by atomic mass is 32.1. The van der Waals surface area contributed by atoms with Crippen LogP contribution < -0.4 is 10.2 Å². The van der Waals surface area contributed by atoms with E-state index in [1.54, 1.807) is 6.07 Å². The molecule has 0 aliphatic heterocycles. The number of benzene rings is 1. The van der Waals surface area contributed by atoms with Gasteiger partial charge in [0.05, 0.1) is 0 Å². The van der Waals surface area contributed by atoms with Crippen molar-refractivity contribution in [2.75, 3.05) is 11.4 Å². The summed E-state index contributed by atoms with van der Waals surface area (Å²) < 4.78 is 17.3. The number of anilines is 1. The summed E-state index contributed by atoms with van der Waals surface area (Å²) in [7, 11) is 0. The number of aromatic nitrogens is 2. The largest absolute Gasteiger partial charge is 0.352 e. The van der Waals surface area contributed by atoms with Crippen LogP contribution in [0.1, 0.15) is 42.6 Å². The molecule has 1 aromatic carbocycles. The predicted molar refractivity (Wildman–Crippen MR) is 93.0 cm³/mol. The van der Waals surface area contributed by atoms with Gasteiger partial charge in [-0.2, -0.15) is 0 Å². The Kier molecular flexibility index (Phi) is 5.70. The molecule has 1 aliphatic rings. The smallest absolute Gasteiger partial charge is 0.280 e. The van der Waals surface area contributed by atoms with E-state index in [-0.39, 0.29) is 24.2 Å². The molecule has 6 nitrogen and oxygen atoms in total. The van der Waals surface area contributed by atoms with E-state index in [0.29, 0.717) is 5.69 Å². The molecule has 0 bridgehead atoms. The van der Waals surface area contributed by atoms with Gasteiger partial charge in [0.25, 0.3) is 5.91 Å². The SMILES string of the molecule is O=C(CN(C(=O)c1csnn1)c1cccc(F)c1)NC1CCCCC1. The number of carbonyl (C=O) groups excluding carboxylic acids is 2. The minimum atomic E-state index is -0.474. The highest BCUT2D eigenvalue weighted by Crippen LogP contribution is 2.20. The van der Waals surface area contributed by atoms with Gasteiger partial charge in [-0.25, -0.2) is 4.39 Å². The number of carbonyl (C=O) groups is 2. The first kappa shape index (κ1) is 17.5. The van der Waals surface area contributed by atoms with Crippen molar-refractivity contribution in [1.82, 2.24) is 14.9 Å². The molecule has 0 atom stereocenters. The van der Waals surface area contributed by atoms with Gasteiger partial charge >= 0.3 is 0 Å². The molecular weight excluding hydrogens is 343 g/mol. The molecule has 1 aliphatic carbocycles. The first-order valence-electron chi connectivity index (χ1n) is 8.27. The lowest BCUT2D eigenvalue weighted by Crippen LogP contribution is -2.45. The Bertz CT molecular complexity index is 732. The fourth-order valence-electron chi connectivity index (χ4n) is 2.98. The van der Waals surface area contributed by atoms with Crippen molar-refractivity contribution in [3.63, 3.8) is 0 Å². The van der Waals surface area contributed by atoms with Crippen LogP contribution in [0.5, 0.6) is 0 Å². The van der Waals surface area contributed by atoms with Gasteiger partial charge in [0.15, 0.2) is 5.69 Å². The molecule has 132 valence electrons. The second-order valence-electron chi connectivity index (χ2n) is 6.06. The molecule has 2 aromatic rings. The van der Waals surface area contributed by atoms with Gasteiger partial charge in [0.1, 0.15) is 12.4 Å². The quantitative estimate of drug-likeness (QED) is 0.887. The Morgan fingerprint density at radius 2 is 2.08 bits per heavy atom. The molecule has 1 fully saturated rings. The Hall–Kier alpha value is -2.35. The third-order valence-electron chi connectivity index (χ3n) is 4.22. The first-order valence-corrected chi connectivity index (χ1v) is 9.11. The van der Waals surface area contributed by atoms with Crippen molar-refractivity contribution in [2.24, 2.45) is 0 Å². The molecule has 1 saturated carbocycles. The highest BCUT2D eigenvalue weighted by Gasteiger charge is 2.24. The van der Waals surface area contributed by atoms with Crippen molar-refractivity contribution in [3.05, 3.63) is 41.2 Å². The summed E-state index contributed by atoms with van der Waals surface area (Å²) >= 11 is 1.05. The van der Waals surface area contributed by atoms with Crippen molar-refractivity contribution in [2.45, 2.75) is 38.1 Å². The summed E-state index contributed by atoms with van der Waals surface area (Å²) in [5, 5.41) is 8.24. The molecular formula is C17H19FN4O2S. The van der Waals surface area contributed by atoms with Crippen LogP contribution in [0.3, 0.4) is 0 Å². The number of nitrogens with zero attached hydrogens (tertiary/aromatic N) is 3. The number of rotatable bonds is 5. The van der Waals surface area contributed by atoms with Gasteiger partial charge in [0.2, 0.25) is 5.91 Å². The minimum Gasteiger partial charge on any atom is -0.352 e. The Labute approximate surface area is 149 Å². The topological polar surface area (TPSA) is 75.2 Å². The molecule has 1 heterocycles. The van der Waals surface area contributed by atoms with Crippen molar-refractivity contribution >= 4 is 29.0 Å². The zero-order chi connectivity index (χ0) is 17.6. The molecule has 0 saturated heterocycles. The van der Waals surface area contributed by atoms with E-state index in [1.807, 2.05) is 0 Å². The van der Waals surface area contributed by atoms with Gasteiger partial charge in [-0.3, -0.25) is 14.5 Å². The lowest BCUT2D eigenvalue weighted by Gasteiger charge is -2.26. The van der Waals surface area contributed by atoms with Crippen LogP contribution in [0.2, 0.25) is 0 Å². The summed E-state index contributed by atoms with van der Waals surface area (Å²) in [5.74, 6) is -1.20. The fraction of sp³-hybridized carbons (Fsp3) is 0.412. The van der Waals surface area contributed by atoms with Crippen LogP contribution >= 0.6 is 11.5 Å². The number of halogens is 1. The van der Waals surface area contributed by atoms with Crippen LogP contribution in [0.25, 0.3) is 0 Å². The van der Waals surface area contributed by atoms with E-state index in [1.165, 1.54) is 34.9 Å². The summed E-state index contributed by atoms with van der Waals surface area (Å²) in [6.45, 7) is -0.184. The van der Waals surface area contributed by atoms with Gasteiger partial charge in [-0.1, -0.05) is 29.8 Å². The molecule has 3 rings (SSSR count). The van der Waals surface area contributed by atoms with Crippen LogP contribution in [0, 0.1) is 5.82 Å². The lowest BCUT2D eigenvalue weighted by molar-refractivity contribution is -0.120. The van der Waals surface area contributed by atoms with E-state index in [9.17, 15) is 14.0 Å². The van der Waals surface area contributed by atoms with Gasteiger partial charge in [-0.15, -0.1) is 5.10 Å². The number of nitrogens with one attached hydrogen (secondary N) is 1. The maximum absolute atomic E-state index is 13.6. The fourth-order valence-corrected chi connectivity index (χ4v) is 3.41. The average Bonchev–Trinajstić information content (AvgIpc) is 3.14. The minimum absolute atomic E-state index is 0.139. The number of hydrogen-bond acceptors (Lipinski definition) is 5. The van der Waals surface area contributed by atoms with Gasteiger partial charge in [-0.05, 0) is 42.6 Å². The number of amides is 2. The van der Waals surface area contributed by atoms with Crippen molar-refractivity contribution < 1.29 is 14.0 Å². The van der Waals surface area contributed by atoms with Crippen molar-refractivity contribution in [1.29, 1.82) is 0 Å². The van der Waals surface area contributed by atoms with Crippen LogP contribution in [0.4, 0.5) is 10.1 Å². The van der Waals surface area contributed by atoms with E-state index in [4.69, 9.17) is 0 Å². The third-order valence-corrected chi connectivity index (χ3v) is 4.72. The van der Waals surface area contributed by atoms with E-state index < -0.39 is 11.7 Å². The molecule has 0 radical (unpaired) electrons. The number of hydrogen-bond donors (Lipinski definition) is 1. The van der Waals surface area contributed by atoms with Gasteiger partial charge in [0, 0.05) is 17.1 Å². The molecule has 0 spiro atoms.